The van der Waals surface area contributed by atoms with Crippen LogP contribution in [-0.4, -0.2) is 56.6 Å². The molecule has 0 saturated carbocycles. The van der Waals surface area contributed by atoms with E-state index in [1.54, 1.807) is 14.0 Å². The number of nitrogens with zero attached hydrogens (tertiary/aromatic N) is 1. The predicted molar refractivity (Wildman–Crippen MR) is 91.7 cm³/mol. The number of nitrogens with one attached hydrogen (secondary N) is 2. The van der Waals surface area contributed by atoms with Crippen LogP contribution in [0, 0.1) is 0 Å². The minimum Gasteiger partial charge on any atom is -0.385 e. The number of hydrogen-bond donors (Lipinski definition) is 2. The Hall–Kier alpha value is -2.13. The smallest absolute Gasteiger partial charge is 0.385 e. The summed E-state index contributed by atoms with van der Waals surface area (Å²) in [7, 11) is 1.57. The number of benzene rings is 1. The molecule has 0 aliphatic rings. The molecule has 26 heavy (non-hydrogen) atoms. The van der Waals surface area contributed by atoms with Crippen molar-refractivity contribution in [1.29, 1.82) is 0 Å². The number of hydrogen-bond acceptors (Lipinski definition) is 4. The Bertz CT molecular complexity index is 594. The van der Waals surface area contributed by atoms with E-state index in [2.05, 4.69) is 10.6 Å². The molecule has 0 aliphatic carbocycles. The maximum absolute atomic E-state index is 12.9. The van der Waals surface area contributed by atoms with Crippen molar-refractivity contribution >= 4 is 17.5 Å². The molecule has 0 saturated heterocycles. The summed E-state index contributed by atoms with van der Waals surface area (Å²) in [5, 5.41) is 4.96. The Labute approximate surface area is 150 Å². The maximum atomic E-state index is 12.9. The second kappa shape index (κ2) is 10.8. The Kier molecular flexibility index (Phi) is 9.08. The number of methoxy groups -OCH3 is 1. The van der Waals surface area contributed by atoms with Gasteiger partial charge in [0.2, 0.25) is 11.8 Å². The molecule has 146 valence electrons. The summed E-state index contributed by atoms with van der Waals surface area (Å²) in [5.41, 5.74) is -1.21. The third-order valence-corrected chi connectivity index (χ3v) is 3.54. The molecular weight excluding hydrogens is 351 g/mol. The van der Waals surface area contributed by atoms with E-state index in [4.69, 9.17) is 4.74 Å². The summed E-state index contributed by atoms with van der Waals surface area (Å²) < 4.78 is 43.7. The molecule has 1 rings (SSSR count). The second-order valence-electron chi connectivity index (χ2n) is 5.59. The lowest BCUT2D eigenvalue weighted by molar-refractivity contribution is -0.137. The summed E-state index contributed by atoms with van der Waals surface area (Å²) in [6.07, 6.45) is -3.89. The largest absolute Gasteiger partial charge is 0.418 e. The summed E-state index contributed by atoms with van der Waals surface area (Å²) >= 11 is 0. The molecule has 0 unspecified atom stereocenters. The van der Waals surface area contributed by atoms with Gasteiger partial charge in [0.05, 0.1) is 24.3 Å². The zero-order valence-electron chi connectivity index (χ0n) is 14.9. The van der Waals surface area contributed by atoms with E-state index in [1.165, 1.54) is 23.1 Å². The average molecular weight is 375 g/mol. The van der Waals surface area contributed by atoms with Crippen molar-refractivity contribution in [3.8, 4) is 0 Å². The highest BCUT2D eigenvalue weighted by Crippen LogP contribution is 2.34. The molecule has 0 spiro atoms. The van der Waals surface area contributed by atoms with Gasteiger partial charge in [-0.1, -0.05) is 19.1 Å². The molecule has 1 aromatic rings. The van der Waals surface area contributed by atoms with E-state index in [0.29, 0.717) is 26.1 Å². The van der Waals surface area contributed by atoms with Crippen LogP contribution in [0.2, 0.25) is 0 Å². The predicted octanol–water partition coefficient (Wildman–Crippen LogP) is 2.12. The Morgan fingerprint density at radius 1 is 1.15 bits per heavy atom. The zero-order valence-corrected chi connectivity index (χ0v) is 14.9. The van der Waals surface area contributed by atoms with Crippen molar-refractivity contribution in [2.75, 3.05) is 45.2 Å². The van der Waals surface area contributed by atoms with Gasteiger partial charge in [0.25, 0.3) is 0 Å². The van der Waals surface area contributed by atoms with Crippen LogP contribution in [0.25, 0.3) is 0 Å². The lowest BCUT2D eigenvalue weighted by atomic mass is 10.1. The van der Waals surface area contributed by atoms with Crippen molar-refractivity contribution in [3.05, 3.63) is 29.8 Å². The molecule has 1 aromatic carbocycles. The number of halogens is 3. The first-order chi connectivity index (χ1) is 12.3. The third kappa shape index (κ3) is 7.83. The van der Waals surface area contributed by atoms with Crippen molar-refractivity contribution in [3.63, 3.8) is 0 Å². The van der Waals surface area contributed by atoms with E-state index in [9.17, 15) is 22.8 Å². The number of alkyl halides is 3. The molecule has 0 aromatic heterocycles. The normalized spacial score (nSPS) is 11.5. The summed E-state index contributed by atoms with van der Waals surface area (Å²) in [6.45, 7) is 2.94. The van der Waals surface area contributed by atoms with Gasteiger partial charge in [-0.25, -0.2) is 0 Å². The molecule has 0 fully saturated rings. The van der Waals surface area contributed by atoms with Crippen molar-refractivity contribution in [2.45, 2.75) is 19.5 Å². The van der Waals surface area contributed by atoms with Gasteiger partial charge in [0.1, 0.15) is 0 Å². The standard InChI is InChI=1S/C17H24F3N3O3/c1-3-23(11-15(24)21-9-6-10-26-2)12-16(25)22-14-8-5-4-7-13(14)17(18,19)20/h4-5,7-8H,3,6,9-12H2,1-2H3,(H,21,24)(H,22,25). The van der Waals surface area contributed by atoms with Gasteiger partial charge in [-0.15, -0.1) is 0 Å². The van der Waals surface area contributed by atoms with Crippen molar-refractivity contribution in [2.24, 2.45) is 0 Å². The van der Waals surface area contributed by atoms with Gasteiger partial charge in [0.15, 0.2) is 0 Å². The Morgan fingerprint density at radius 3 is 2.42 bits per heavy atom. The Balaban J connectivity index is 2.56. The molecule has 0 radical (unpaired) electrons. The highest BCUT2D eigenvalue weighted by Gasteiger charge is 2.33. The second-order valence-corrected chi connectivity index (χ2v) is 5.59. The number of anilines is 1. The van der Waals surface area contributed by atoms with Crippen molar-refractivity contribution in [1.82, 2.24) is 10.2 Å². The quantitative estimate of drug-likeness (QED) is 0.615. The SMILES string of the molecule is CCN(CC(=O)NCCCOC)CC(=O)Nc1ccccc1C(F)(F)F. The average Bonchev–Trinajstić information content (AvgIpc) is 2.57. The van der Waals surface area contributed by atoms with Crippen LogP contribution in [0.4, 0.5) is 18.9 Å². The van der Waals surface area contributed by atoms with Crippen LogP contribution in [0.15, 0.2) is 24.3 Å². The molecule has 6 nitrogen and oxygen atoms in total. The minimum atomic E-state index is -4.56. The molecule has 2 N–H and O–H groups in total. The van der Waals surface area contributed by atoms with E-state index < -0.39 is 17.6 Å². The van der Waals surface area contributed by atoms with Gasteiger partial charge in [0, 0.05) is 20.3 Å². The zero-order chi connectivity index (χ0) is 19.6. The number of para-hydroxylation sites is 1. The number of ether oxygens (including phenoxy) is 1. The molecule has 2 amide bonds. The van der Waals surface area contributed by atoms with Crippen molar-refractivity contribution < 1.29 is 27.5 Å². The van der Waals surface area contributed by atoms with Gasteiger partial charge in [-0.05, 0) is 25.1 Å². The van der Waals surface area contributed by atoms with Gasteiger partial charge >= 0.3 is 6.18 Å². The first kappa shape index (κ1) is 21.9. The summed E-state index contributed by atoms with van der Waals surface area (Å²) in [5.74, 6) is -0.873. The topological polar surface area (TPSA) is 70.7 Å². The first-order valence-electron chi connectivity index (χ1n) is 8.22. The van der Waals surface area contributed by atoms with E-state index in [1.807, 2.05) is 0 Å². The van der Waals surface area contributed by atoms with Gasteiger partial charge in [-0.2, -0.15) is 13.2 Å². The number of rotatable bonds is 10. The summed E-state index contributed by atoms with van der Waals surface area (Å²) in [4.78, 5) is 25.4. The summed E-state index contributed by atoms with van der Waals surface area (Å²) in [6, 6.07) is 4.76. The van der Waals surface area contributed by atoms with Crippen LogP contribution < -0.4 is 10.6 Å². The number of likely N-dealkylation sites (N-methyl/N-ethyl adjacent to an activating group) is 1. The maximum Gasteiger partial charge on any atom is 0.418 e. The highest BCUT2D eigenvalue weighted by molar-refractivity contribution is 5.93. The van der Waals surface area contributed by atoms with Crippen LogP contribution in [-0.2, 0) is 20.5 Å². The fourth-order valence-corrected chi connectivity index (χ4v) is 2.21. The third-order valence-electron chi connectivity index (χ3n) is 3.54. The monoisotopic (exact) mass is 375 g/mol. The molecule has 0 bridgehead atoms. The first-order valence-corrected chi connectivity index (χ1v) is 8.22. The van der Waals surface area contributed by atoms with Crippen LogP contribution >= 0.6 is 0 Å². The Morgan fingerprint density at radius 2 is 1.81 bits per heavy atom. The fourth-order valence-electron chi connectivity index (χ4n) is 2.21. The van der Waals surface area contributed by atoms with Gasteiger partial charge < -0.3 is 15.4 Å². The molecule has 0 atom stereocenters. The van der Waals surface area contributed by atoms with Gasteiger partial charge in [-0.3, -0.25) is 14.5 Å². The fraction of sp³-hybridized carbons (Fsp3) is 0.529. The minimum absolute atomic E-state index is 0.0161. The number of carbonyl (C=O) groups excluding carboxylic acids is 2. The molecule has 0 aliphatic heterocycles. The molecule has 9 heteroatoms. The van der Waals surface area contributed by atoms with Crippen LogP contribution in [0.1, 0.15) is 18.9 Å². The molecule has 0 heterocycles. The number of amides is 2. The van der Waals surface area contributed by atoms with E-state index >= 15 is 0 Å². The van der Waals surface area contributed by atoms with Crippen LogP contribution in [0.3, 0.4) is 0 Å². The molecular formula is C17H24F3N3O3. The lowest BCUT2D eigenvalue weighted by Crippen LogP contribution is -2.41. The van der Waals surface area contributed by atoms with E-state index in [-0.39, 0.29) is 24.7 Å². The van der Waals surface area contributed by atoms with E-state index in [0.717, 1.165) is 6.07 Å². The number of carbonyl (C=O) groups is 2. The van der Waals surface area contributed by atoms with Crippen LogP contribution in [0.5, 0.6) is 0 Å². The lowest BCUT2D eigenvalue weighted by Gasteiger charge is -2.20. The highest BCUT2D eigenvalue weighted by atomic mass is 19.4.